The number of unbranched alkanes of at least 4 members (excludes halogenated alkanes) is 1. The molecule has 0 amide bonds. The van der Waals surface area contributed by atoms with Crippen molar-refractivity contribution < 1.29 is 9.53 Å². The second-order valence-electron chi connectivity index (χ2n) is 3.66. The Labute approximate surface area is 102 Å². The zero-order valence-corrected chi connectivity index (χ0v) is 10.6. The zero-order chi connectivity index (χ0) is 12.7. The number of esters is 1. The molecule has 0 saturated heterocycles. The highest BCUT2D eigenvalue weighted by molar-refractivity contribution is 5.85. The molecule has 1 heterocycles. The Morgan fingerprint density at radius 2 is 2.24 bits per heavy atom. The number of anilines is 1. The van der Waals surface area contributed by atoms with Crippen molar-refractivity contribution in [3.8, 4) is 0 Å². The van der Waals surface area contributed by atoms with Crippen molar-refractivity contribution >= 4 is 11.8 Å². The summed E-state index contributed by atoms with van der Waals surface area (Å²) in [5, 5.41) is 0. The van der Waals surface area contributed by atoms with Crippen LogP contribution in [0, 0.1) is 0 Å². The number of aromatic nitrogens is 2. The molecule has 0 fully saturated rings. The van der Waals surface area contributed by atoms with E-state index in [1.165, 1.54) is 7.11 Å². The minimum absolute atomic E-state index is 0.111. The molecule has 5 nitrogen and oxygen atoms in total. The lowest BCUT2D eigenvalue weighted by Crippen LogP contribution is -2.25. The quantitative estimate of drug-likeness (QED) is 0.707. The van der Waals surface area contributed by atoms with E-state index in [1.807, 2.05) is 6.07 Å². The van der Waals surface area contributed by atoms with Crippen LogP contribution in [0.15, 0.2) is 12.3 Å². The van der Waals surface area contributed by atoms with Crippen LogP contribution in [0.1, 0.15) is 37.3 Å². The van der Waals surface area contributed by atoms with Crippen molar-refractivity contribution in [2.24, 2.45) is 0 Å². The van der Waals surface area contributed by atoms with E-state index in [2.05, 4.69) is 33.5 Å². The molecule has 0 atom stereocenters. The highest BCUT2D eigenvalue weighted by Gasteiger charge is 2.12. The monoisotopic (exact) mass is 237 g/mol. The maximum atomic E-state index is 11.3. The highest BCUT2D eigenvalue weighted by atomic mass is 16.5. The van der Waals surface area contributed by atoms with Gasteiger partial charge in [0.2, 0.25) is 5.82 Å². The van der Waals surface area contributed by atoms with E-state index in [0.29, 0.717) is 0 Å². The number of ether oxygens (including phenoxy) is 1. The summed E-state index contributed by atoms with van der Waals surface area (Å²) >= 11 is 0. The van der Waals surface area contributed by atoms with Gasteiger partial charge >= 0.3 is 5.97 Å². The standard InChI is InChI=1S/C12H19N3O2/c1-4-6-9-15(5-2)10-7-8-13-11(14-10)12(16)17-3/h7-8H,4-6,9H2,1-3H3. The van der Waals surface area contributed by atoms with Crippen LogP contribution in [0.25, 0.3) is 0 Å². The fourth-order valence-corrected chi connectivity index (χ4v) is 1.50. The molecule has 0 saturated carbocycles. The van der Waals surface area contributed by atoms with Crippen molar-refractivity contribution in [2.45, 2.75) is 26.7 Å². The Morgan fingerprint density at radius 3 is 2.82 bits per heavy atom. The molecule has 1 rings (SSSR count). The van der Waals surface area contributed by atoms with Crippen molar-refractivity contribution in [1.82, 2.24) is 9.97 Å². The molecule has 0 aliphatic heterocycles. The topological polar surface area (TPSA) is 55.3 Å². The van der Waals surface area contributed by atoms with Crippen molar-refractivity contribution in [1.29, 1.82) is 0 Å². The van der Waals surface area contributed by atoms with E-state index in [1.54, 1.807) is 6.20 Å². The molecule has 17 heavy (non-hydrogen) atoms. The fraction of sp³-hybridized carbons (Fsp3) is 0.583. The largest absolute Gasteiger partial charge is 0.463 e. The van der Waals surface area contributed by atoms with Gasteiger partial charge in [-0.25, -0.2) is 14.8 Å². The first-order valence-corrected chi connectivity index (χ1v) is 5.89. The van der Waals surface area contributed by atoms with Gasteiger partial charge in [0.05, 0.1) is 7.11 Å². The molecule has 0 spiro atoms. The summed E-state index contributed by atoms with van der Waals surface area (Å²) in [7, 11) is 1.33. The van der Waals surface area contributed by atoms with Gasteiger partial charge in [0.1, 0.15) is 5.82 Å². The summed E-state index contributed by atoms with van der Waals surface area (Å²) < 4.78 is 4.60. The molecule has 0 aliphatic rings. The molecule has 0 bridgehead atoms. The number of carbonyl (C=O) groups is 1. The van der Waals surface area contributed by atoms with Crippen LogP contribution >= 0.6 is 0 Å². The van der Waals surface area contributed by atoms with E-state index >= 15 is 0 Å². The van der Waals surface area contributed by atoms with E-state index < -0.39 is 5.97 Å². The SMILES string of the molecule is CCCCN(CC)c1ccnc(C(=O)OC)n1. The Hall–Kier alpha value is -1.65. The number of methoxy groups -OCH3 is 1. The molecule has 0 aliphatic carbocycles. The Balaban J connectivity index is 2.84. The summed E-state index contributed by atoms with van der Waals surface area (Å²) in [6.45, 7) is 6.01. The molecule has 0 unspecified atom stereocenters. The van der Waals surface area contributed by atoms with Crippen LogP contribution in [-0.2, 0) is 4.74 Å². The van der Waals surface area contributed by atoms with Crippen molar-refractivity contribution in [3.63, 3.8) is 0 Å². The predicted octanol–water partition coefficient (Wildman–Crippen LogP) is 1.89. The van der Waals surface area contributed by atoms with Gasteiger partial charge in [-0.2, -0.15) is 0 Å². The van der Waals surface area contributed by atoms with E-state index in [0.717, 1.165) is 31.7 Å². The second kappa shape index (κ2) is 6.83. The molecule has 1 aromatic heterocycles. The number of carbonyl (C=O) groups excluding carboxylic acids is 1. The van der Waals surface area contributed by atoms with Crippen LogP contribution < -0.4 is 4.90 Å². The van der Waals surface area contributed by atoms with Crippen LogP contribution in [-0.4, -0.2) is 36.1 Å². The average Bonchev–Trinajstić information content (AvgIpc) is 2.39. The molecule has 0 radical (unpaired) electrons. The summed E-state index contributed by atoms with van der Waals surface area (Å²) in [5.41, 5.74) is 0. The van der Waals surface area contributed by atoms with Crippen LogP contribution in [0.3, 0.4) is 0 Å². The first-order valence-electron chi connectivity index (χ1n) is 5.89. The first-order chi connectivity index (χ1) is 8.22. The average molecular weight is 237 g/mol. The van der Waals surface area contributed by atoms with E-state index in [-0.39, 0.29) is 5.82 Å². The van der Waals surface area contributed by atoms with Crippen molar-refractivity contribution in [3.05, 3.63) is 18.1 Å². The minimum atomic E-state index is -0.501. The summed E-state index contributed by atoms with van der Waals surface area (Å²) in [6, 6.07) is 1.81. The molecule has 94 valence electrons. The molecule has 1 aromatic rings. The number of nitrogens with zero attached hydrogens (tertiary/aromatic N) is 3. The van der Waals surface area contributed by atoms with Gasteiger partial charge in [-0.15, -0.1) is 0 Å². The van der Waals surface area contributed by atoms with E-state index in [9.17, 15) is 4.79 Å². The number of rotatable bonds is 6. The molecular weight excluding hydrogens is 218 g/mol. The maximum Gasteiger partial charge on any atom is 0.376 e. The zero-order valence-electron chi connectivity index (χ0n) is 10.6. The van der Waals surface area contributed by atoms with E-state index in [4.69, 9.17) is 0 Å². The van der Waals surface area contributed by atoms with Gasteiger partial charge in [-0.1, -0.05) is 13.3 Å². The van der Waals surface area contributed by atoms with Gasteiger partial charge in [0.25, 0.3) is 0 Å². The number of hydrogen-bond donors (Lipinski definition) is 0. The smallest absolute Gasteiger partial charge is 0.376 e. The Bertz CT molecular complexity index is 369. The van der Waals surface area contributed by atoms with Gasteiger partial charge in [0, 0.05) is 19.3 Å². The Kier molecular flexibility index (Phi) is 5.39. The van der Waals surface area contributed by atoms with Gasteiger partial charge in [0.15, 0.2) is 0 Å². The lowest BCUT2D eigenvalue weighted by atomic mass is 10.3. The molecular formula is C12H19N3O2. The second-order valence-corrected chi connectivity index (χ2v) is 3.66. The lowest BCUT2D eigenvalue weighted by molar-refractivity contribution is 0.0587. The van der Waals surface area contributed by atoms with Crippen LogP contribution in [0.2, 0.25) is 0 Å². The maximum absolute atomic E-state index is 11.3. The lowest BCUT2D eigenvalue weighted by Gasteiger charge is -2.21. The predicted molar refractivity (Wildman–Crippen MR) is 66.2 cm³/mol. The summed E-state index contributed by atoms with van der Waals surface area (Å²) in [6.07, 6.45) is 3.82. The third-order valence-corrected chi connectivity index (χ3v) is 2.50. The molecule has 0 N–H and O–H groups in total. The van der Waals surface area contributed by atoms with Crippen LogP contribution in [0.4, 0.5) is 5.82 Å². The highest BCUT2D eigenvalue weighted by Crippen LogP contribution is 2.11. The van der Waals surface area contributed by atoms with Gasteiger partial charge < -0.3 is 9.64 Å². The van der Waals surface area contributed by atoms with Gasteiger partial charge in [-0.3, -0.25) is 0 Å². The summed E-state index contributed by atoms with van der Waals surface area (Å²) in [4.78, 5) is 21.6. The van der Waals surface area contributed by atoms with Crippen LogP contribution in [0.5, 0.6) is 0 Å². The normalized spacial score (nSPS) is 10.1. The fourth-order valence-electron chi connectivity index (χ4n) is 1.50. The third kappa shape index (κ3) is 3.69. The Morgan fingerprint density at radius 1 is 1.47 bits per heavy atom. The molecule has 0 aromatic carbocycles. The molecule has 5 heteroatoms. The van der Waals surface area contributed by atoms with Crippen molar-refractivity contribution in [2.75, 3.05) is 25.1 Å². The first kappa shape index (κ1) is 13.4. The van der Waals surface area contributed by atoms with Gasteiger partial charge in [-0.05, 0) is 19.4 Å². The minimum Gasteiger partial charge on any atom is -0.463 e. The number of hydrogen-bond acceptors (Lipinski definition) is 5. The third-order valence-electron chi connectivity index (χ3n) is 2.50. The summed E-state index contributed by atoms with van der Waals surface area (Å²) in [5.74, 6) is 0.384.